The van der Waals surface area contributed by atoms with Crippen molar-refractivity contribution in [2.24, 2.45) is 0 Å². The summed E-state index contributed by atoms with van der Waals surface area (Å²) >= 11 is 1.68. The summed E-state index contributed by atoms with van der Waals surface area (Å²) in [4.78, 5) is 0. The predicted octanol–water partition coefficient (Wildman–Crippen LogP) is -1.52. The fourth-order valence-electron chi connectivity index (χ4n) is 0.297. The first-order valence-corrected chi connectivity index (χ1v) is 2.74. The number of rotatable bonds is 0. The molecule has 0 saturated heterocycles. The van der Waals surface area contributed by atoms with Gasteiger partial charge in [0.25, 0.3) is 0 Å². The maximum atomic E-state index is 3.02. The molecule has 0 amide bonds. The standard InChI is InChI=1S/C5H5S.HI.Mg/c1-5-2-3-6-4-5;;/h3-4H,1H3;1H;/q-1;;+2/p-1. The minimum absolute atomic E-state index is 0. The van der Waals surface area contributed by atoms with Crippen LogP contribution in [0.15, 0.2) is 10.8 Å². The Balaban J connectivity index is 0. The van der Waals surface area contributed by atoms with Crippen molar-refractivity contribution in [2.75, 3.05) is 0 Å². The Morgan fingerprint density at radius 2 is 2.25 bits per heavy atom. The Morgan fingerprint density at radius 3 is 2.38 bits per heavy atom. The van der Waals surface area contributed by atoms with Gasteiger partial charge in [0.05, 0.1) is 0 Å². The number of hydrogen-bond acceptors (Lipinski definition) is 1. The number of hydrogen-bond donors (Lipinski definition) is 0. The molecule has 0 unspecified atom stereocenters. The van der Waals surface area contributed by atoms with Crippen molar-refractivity contribution in [2.45, 2.75) is 6.92 Å². The van der Waals surface area contributed by atoms with E-state index >= 15 is 0 Å². The Labute approximate surface area is 86.9 Å². The van der Waals surface area contributed by atoms with Gasteiger partial charge in [-0.15, -0.1) is 5.38 Å². The zero-order valence-electron chi connectivity index (χ0n) is 4.65. The minimum Gasteiger partial charge on any atom is -1.00 e. The van der Waals surface area contributed by atoms with Crippen molar-refractivity contribution in [3.63, 3.8) is 0 Å². The molecule has 0 fully saturated rings. The average Bonchev–Trinajstić information content (AvgIpc) is 1.86. The van der Waals surface area contributed by atoms with Crippen molar-refractivity contribution in [3.8, 4) is 0 Å². The van der Waals surface area contributed by atoms with Crippen LogP contribution in [0.5, 0.6) is 0 Å². The largest absolute Gasteiger partial charge is 2.00 e. The van der Waals surface area contributed by atoms with Crippen molar-refractivity contribution >= 4 is 34.4 Å². The monoisotopic (exact) mass is 248 g/mol. The van der Waals surface area contributed by atoms with E-state index in [9.17, 15) is 0 Å². The molecule has 0 bridgehead atoms. The molecule has 8 heavy (non-hydrogen) atoms. The SMILES string of the molecule is Cc1[c-]csc1.[I-].[Mg+2]. The summed E-state index contributed by atoms with van der Waals surface area (Å²) in [6, 6.07) is 3.02. The van der Waals surface area contributed by atoms with E-state index in [-0.39, 0.29) is 47.0 Å². The van der Waals surface area contributed by atoms with Crippen LogP contribution in [0, 0.1) is 13.0 Å². The van der Waals surface area contributed by atoms with Crippen LogP contribution in [0.4, 0.5) is 0 Å². The van der Waals surface area contributed by atoms with Crippen molar-refractivity contribution in [3.05, 3.63) is 22.4 Å². The topological polar surface area (TPSA) is 0 Å². The molecule has 3 heteroatoms. The first-order chi connectivity index (χ1) is 2.89. The van der Waals surface area contributed by atoms with Gasteiger partial charge in [0.15, 0.2) is 0 Å². The van der Waals surface area contributed by atoms with E-state index in [0.29, 0.717) is 0 Å². The normalized spacial score (nSPS) is 6.62. The van der Waals surface area contributed by atoms with E-state index in [2.05, 4.69) is 11.4 Å². The number of thiophene rings is 1. The summed E-state index contributed by atoms with van der Waals surface area (Å²) in [5.41, 5.74) is 1.24. The number of halogens is 1. The second kappa shape index (κ2) is 6.32. The summed E-state index contributed by atoms with van der Waals surface area (Å²) in [7, 11) is 0. The molecule has 0 aromatic carbocycles. The molecule has 1 heterocycles. The summed E-state index contributed by atoms with van der Waals surface area (Å²) in [5, 5.41) is 4.02. The summed E-state index contributed by atoms with van der Waals surface area (Å²) in [5.74, 6) is 0. The van der Waals surface area contributed by atoms with E-state index in [1.54, 1.807) is 11.3 Å². The molecule has 1 rings (SSSR count). The van der Waals surface area contributed by atoms with Gasteiger partial charge in [-0.25, -0.2) is 11.6 Å². The van der Waals surface area contributed by atoms with Crippen LogP contribution in [-0.2, 0) is 0 Å². The van der Waals surface area contributed by atoms with Gasteiger partial charge in [-0.1, -0.05) is 6.92 Å². The molecular formula is C5H5IMgS. The predicted molar refractivity (Wildman–Crippen MR) is 33.6 cm³/mol. The van der Waals surface area contributed by atoms with Gasteiger partial charge < -0.3 is 24.0 Å². The molecule has 0 N–H and O–H groups in total. The average molecular weight is 248 g/mol. The second-order valence-corrected chi connectivity index (χ2v) is 1.94. The van der Waals surface area contributed by atoms with E-state index in [0.717, 1.165) is 0 Å². The summed E-state index contributed by atoms with van der Waals surface area (Å²) < 4.78 is 0. The Morgan fingerprint density at radius 1 is 1.62 bits per heavy atom. The van der Waals surface area contributed by atoms with Gasteiger partial charge in [0.2, 0.25) is 0 Å². The summed E-state index contributed by atoms with van der Waals surface area (Å²) in [6.45, 7) is 2.04. The minimum atomic E-state index is 0. The van der Waals surface area contributed by atoms with Crippen LogP contribution < -0.4 is 24.0 Å². The summed E-state index contributed by atoms with van der Waals surface area (Å²) in [6.07, 6.45) is 0. The molecule has 1 aromatic rings. The van der Waals surface area contributed by atoms with E-state index < -0.39 is 0 Å². The first-order valence-electron chi connectivity index (χ1n) is 1.80. The first kappa shape index (κ1) is 11.9. The number of aryl methyl sites for hydroxylation is 1. The maximum Gasteiger partial charge on any atom is 2.00 e. The van der Waals surface area contributed by atoms with Gasteiger partial charge >= 0.3 is 23.1 Å². The zero-order chi connectivity index (χ0) is 4.41. The van der Waals surface area contributed by atoms with Crippen LogP contribution in [-0.4, -0.2) is 23.1 Å². The molecule has 0 atom stereocenters. The van der Waals surface area contributed by atoms with Crippen LogP contribution in [0.25, 0.3) is 0 Å². The molecule has 0 nitrogen and oxygen atoms in total. The van der Waals surface area contributed by atoms with Crippen LogP contribution >= 0.6 is 11.3 Å². The Bertz CT molecular complexity index is 116. The van der Waals surface area contributed by atoms with Gasteiger partial charge in [-0.3, -0.25) is 11.3 Å². The zero-order valence-corrected chi connectivity index (χ0v) is 9.04. The molecule has 0 aliphatic carbocycles. The fourth-order valence-corrected chi connectivity index (χ4v) is 0.891. The molecule has 0 aliphatic heterocycles. The third-order valence-corrected chi connectivity index (χ3v) is 1.34. The van der Waals surface area contributed by atoms with Crippen molar-refractivity contribution in [1.82, 2.24) is 0 Å². The molecule has 0 aliphatic rings. The van der Waals surface area contributed by atoms with E-state index in [1.165, 1.54) is 5.56 Å². The van der Waals surface area contributed by atoms with Gasteiger partial charge in [-0.2, -0.15) is 5.38 Å². The molecule has 0 saturated carbocycles. The van der Waals surface area contributed by atoms with Crippen LogP contribution in [0.1, 0.15) is 5.56 Å². The van der Waals surface area contributed by atoms with Crippen molar-refractivity contribution < 1.29 is 24.0 Å². The molecule has 1 aromatic heterocycles. The second-order valence-electron chi connectivity index (χ2n) is 1.20. The maximum absolute atomic E-state index is 3.02. The van der Waals surface area contributed by atoms with Crippen molar-refractivity contribution in [1.29, 1.82) is 0 Å². The Kier molecular flexibility index (Phi) is 9.42. The van der Waals surface area contributed by atoms with Crippen LogP contribution in [0.3, 0.4) is 0 Å². The quantitative estimate of drug-likeness (QED) is 0.297. The van der Waals surface area contributed by atoms with E-state index in [1.807, 2.05) is 12.3 Å². The van der Waals surface area contributed by atoms with Gasteiger partial charge in [-0.05, 0) is 0 Å². The third-order valence-electron chi connectivity index (χ3n) is 0.599. The smallest absolute Gasteiger partial charge is 1.00 e. The van der Waals surface area contributed by atoms with Crippen LogP contribution in [0.2, 0.25) is 0 Å². The van der Waals surface area contributed by atoms with Gasteiger partial charge in [0.1, 0.15) is 0 Å². The fraction of sp³-hybridized carbons (Fsp3) is 0.200. The van der Waals surface area contributed by atoms with E-state index in [4.69, 9.17) is 0 Å². The van der Waals surface area contributed by atoms with Gasteiger partial charge in [0, 0.05) is 0 Å². The third kappa shape index (κ3) is 4.11. The molecule has 0 radical (unpaired) electrons. The molecule has 40 valence electrons. The molecular weight excluding hydrogens is 243 g/mol. The molecule has 0 spiro atoms. The Hall–Kier alpha value is 1.20.